The lowest BCUT2D eigenvalue weighted by Crippen LogP contribution is -2.41. The van der Waals surface area contributed by atoms with Crippen LogP contribution in [0.2, 0.25) is 0 Å². The van der Waals surface area contributed by atoms with Crippen LogP contribution in [0.15, 0.2) is 49.1 Å². The Hall–Kier alpha value is -2.80. The third-order valence-corrected chi connectivity index (χ3v) is 5.29. The van der Waals surface area contributed by atoms with Crippen LogP contribution in [-0.2, 0) is 16.1 Å². The molecule has 7 nitrogen and oxygen atoms in total. The average molecular weight is 381 g/mol. The van der Waals surface area contributed by atoms with Crippen molar-refractivity contribution in [3.05, 3.63) is 60.2 Å². The van der Waals surface area contributed by atoms with Gasteiger partial charge in [-0.1, -0.05) is 30.3 Å². The van der Waals surface area contributed by atoms with E-state index in [0.29, 0.717) is 13.1 Å². The number of nitrogens with zero attached hydrogens (tertiary/aromatic N) is 4. The molecule has 2 amide bonds. The first-order valence-corrected chi connectivity index (χ1v) is 9.65. The Labute approximate surface area is 165 Å². The average Bonchev–Trinajstić information content (AvgIpc) is 2.93. The minimum atomic E-state index is -0.437. The van der Waals surface area contributed by atoms with Crippen molar-refractivity contribution < 1.29 is 9.59 Å². The standard InChI is InChI=1S/C21H27N5O2/c1-16(27)26(14-17-12-23-15-24-13-17)19-8-5-10-25(11-9-19)20(21(22)28)18-6-3-2-4-7-18/h2-4,6-7,12-13,15,19-20H,5,8-11,14H2,1H3,(H2,22,28)/t19-,20-/m0/s1. The van der Waals surface area contributed by atoms with Gasteiger partial charge in [0, 0.05) is 44.0 Å². The second kappa shape index (κ2) is 9.41. The van der Waals surface area contributed by atoms with Gasteiger partial charge in [0.05, 0.1) is 0 Å². The first kappa shape index (κ1) is 19.9. The zero-order chi connectivity index (χ0) is 19.9. The maximum atomic E-state index is 12.3. The Morgan fingerprint density at radius 2 is 1.89 bits per heavy atom. The molecule has 0 unspecified atom stereocenters. The highest BCUT2D eigenvalue weighted by molar-refractivity contribution is 5.81. The van der Waals surface area contributed by atoms with Gasteiger partial charge in [0.1, 0.15) is 12.4 Å². The first-order valence-electron chi connectivity index (χ1n) is 9.65. The SMILES string of the molecule is CC(=O)N(Cc1cncnc1)[C@H]1CCCN([C@H](C(N)=O)c2ccccc2)CC1. The first-order chi connectivity index (χ1) is 13.6. The quantitative estimate of drug-likeness (QED) is 0.825. The van der Waals surface area contributed by atoms with Crippen molar-refractivity contribution in [1.82, 2.24) is 19.8 Å². The minimum absolute atomic E-state index is 0.0387. The summed E-state index contributed by atoms with van der Waals surface area (Å²) in [5, 5.41) is 0. The summed E-state index contributed by atoms with van der Waals surface area (Å²) in [7, 11) is 0. The summed E-state index contributed by atoms with van der Waals surface area (Å²) >= 11 is 0. The zero-order valence-electron chi connectivity index (χ0n) is 16.2. The molecule has 1 aromatic heterocycles. The monoisotopic (exact) mass is 381 g/mol. The molecule has 2 N–H and O–H groups in total. The molecule has 1 aromatic carbocycles. The summed E-state index contributed by atoms with van der Waals surface area (Å²) in [6.07, 6.45) is 7.55. The number of carbonyl (C=O) groups is 2. The van der Waals surface area contributed by atoms with Crippen molar-refractivity contribution in [3.63, 3.8) is 0 Å². The molecule has 0 radical (unpaired) electrons. The Balaban J connectivity index is 1.72. The van der Waals surface area contributed by atoms with Crippen LogP contribution < -0.4 is 5.73 Å². The Morgan fingerprint density at radius 1 is 1.18 bits per heavy atom. The topological polar surface area (TPSA) is 92.4 Å². The highest BCUT2D eigenvalue weighted by Crippen LogP contribution is 2.26. The van der Waals surface area contributed by atoms with E-state index in [1.54, 1.807) is 19.3 Å². The molecule has 28 heavy (non-hydrogen) atoms. The van der Waals surface area contributed by atoms with Crippen molar-refractivity contribution in [2.45, 2.75) is 44.8 Å². The Morgan fingerprint density at radius 3 is 2.54 bits per heavy atom. The number of primary amides is 1. The van der Waals surface area contributed by atoms with Crippen LogP contribution in [0.25, 0.3) is 0 Å². The summed E-state index contributed by atoms with van der Waals surface area (Å²) in [5.74, 6) is -0.300. The van der Waals surface area contributed by atoms with E-state index >= 15 is 0 Å². The van der Waals surface area contributed by atoms with E-state index in [1.807, 2.05) is 35.2 Å². The lowest BCUT2D eigenvalue weighted by Gasteiger charge is -2.31. The van der Waals surface area contributed by atoms with Gasteiger partial charge in [0.25, 0.3) is 0 Å². The smallest absolute Gasteiger partial charge is 0.239 e. The molecule has 3 rings (SSSR count). The number of aromatic nitrogens is 2. The van der Waals surface area contributed by atoms with Gasteiger partial charge < -0.3 is 10.6 Å². The van der Waals surface area contributed by atoms with Crippen LogP contribution in [0.1, 0.15) is 43.4 Å². The van der Waals surface area contributed by atoms with Gasteiger partial charge in [-0.3, -0.25) is 14.5 Å². The van der Waals surface area contributed by atoms with E-state index < -0.39 is 6.04 Å². The van der Waals surface area contributed by atoms with E-state index in [1.165, 1.54) is 6.33 Å². The summed E-state index contributed by atoms with van der Waals surface area (Å²) in [5.41, 5.74) is 7.57. The fourth-order valence-electron chi connectivity index (χ4n) is 3.97. The number of hydrogen-bond donors (Lipinski definition) is 1. The van der Waals surface area contributed by atoms with E-state index in [2.05, 4.69) is 14.9 Å². The molecular formula is C21H27N5O2. The summed E-state index contributed by atoms with van der Waals surface area (Å²) in [6, 6.07) is 9.33. The number of carbonyl (C=O) groups excluding carboxylic acids is 2. The molecule has 2 aromatic rings. The van der Waals surface area contributed by atoms with Gasteiger partial charge in [-0.25, -0.2) is 9.97 Å². The number of benzene rings is 1. The van der Waals surface area contributed by atoms with Gasteiger partial charge in [-0.05, 0) is 31.4 Å². The van der Waals surface area contributed by atoms with Crippen LogP contribution in [0.5, 0.6) is 0 Å². The number of likely N-dealkylation sites (tertiary alicyclic amines) is 1. The predicted octanol–water partition coefficient (Wildman–Crippen LogP) is 1.91. The van der Waals surface area contributed by atoms with Gasteiger partial charge in [0.2, 0.25) is 11.8 Å². The Kier molecular flexibility index (Phi) is 6.71. The van der Waals surface area contributed by atoms with Crippen LogP contribution in [0.4, 0.5) is 0 Å². The molecule has 0 bridgehead atoms. The van der Waals surface area contributed by atoms with Gasteiger partial charge in [0.15, 0.2) is 0 Å². The number of hydrogen-bond acceptors (Lipinski definition) is 5. The van der Waals surface area contributed by atoms with Gasteiger partial charge in [-0.2, -0.15) is 0 Å². The molecule has 1 aliphatic heterocycles. The maximum Gasteiger partial charge on any atom is 0.239 e. The molecule has 0 spiro atoms. The third-order valence-electron chi connectivity index (χ3n) is 5.29. The predicted molar refractivity (Wildman–Crippen MR) is 106 cm³/mol. The molecule has 1 aliphatic rings. The lowest BCUT2D eigenvalue weighted by molar-refractivity contribution is -0.132. The van der Waals surface area contributed by atoms with E-state index in [-0.39, 0.29) is 17.9 Å². The molecule has 1 saturated heterocycles. The molecule has 0 aliphatic carbocycles. The highest BCUT2D eigenvalue weighted by atomic mass is 16.2. The maximum absolute atomic E-state index is 12.3. The largest absolute Gasteiger partial charge is 0.368 e. The van der Waals surface area contributed by atoms with Crippen LogP contribution in [-0.4, -0.2) is 50.7 Å². The van der Waals surface area contributed by atoms with Crippen molar-refractivity contribution in [2.75, 3.05) is 13.1 Å². The van der Waals surface area contributed by atoms with Gasteiger partial charge >= 0.3 is 0 Å². The summed E-state index contributed by atoms with van der Waals surface area (Å²) in [4.78, 5) is 36.6. The van der Waals surface area contributed by atoms with Crippen molar-refractivity contribution >= 4 is 11.8 Å². The van der Waals surface area contributed by atoms with Crippen LogP contribution in [0.3, 0.4) is 0 Å². The molecule has 0 saturated carbocycles. The highest BCUT2D eigenvalue weighted by Gasteiger charge is 2.30. The number of rotatable bonds is 6. The summed E-state index contributed by atoms with van der Waals surface area (Å²) in [6.45, 7) is 3.59. The second-order valence-corrected chi connectivity index (χ2v) is 7.23. The van der Waals surface area contributed by atoms with Crippen molar-refractivity contribution in [3.8, 4) is 0 Å². The van der Waals surface area contributed by atoms with Crippen LogP contribution >= 0.6 is 0 Å². The molecule has 1 fully saturated rings. The number of nitrogens with two attached hydrogens (primary N) is 1. The fraction of sp³-hybridized carbons (Fsp3) is 0.429. The zero-order valence-corrected chi connectivity index (χ0v) is 16.2. The molecule has 2 heterocycles. The third kappa shape index (κ3) is 4.92. The lowest BCUT2D eigenvalue weighted by atomic mass is 10.0. The van der Waals surface area contributed by atoms with E-state index in [0.717, 1.165) is 36.9 Å². The normalized spacial score (nSPS) is 18.8. The minimum Gasteiger partial charge on any atom is -0.368 e. The summed E-state index contributed by atoms with van der Waals surface area (Å²) < 4.78 is 0. The molecule has 7 heteroatoms. The van der Waals surface area contributed by atoms with E-state index in [9.17, 15) is 9.59 Å². The Bertz CT molecular complexity index is 784. The van der Waals surface area contributed by atoms with Gasteiger partial charge in [-0.15, -0.1) is 0 Å². The second-order valence-electron chi connectivity index (χ2n) is 7.23. The van der Waals surface area contributed by atoms with Crippen LogP contribution in [0, 0.1) is 0 Å². The fourth-order valence-corrected chi connectivity index (χ4v) is 3.97. The molecular weight excluding hydrogens is 354 g/mol. The van der Waals surface area contributed by atoms with E-state index in [4.69, 9.17) is 5.73 Å². The molecule has 2 atom stereocenters. The number of amides is 2. The van der Waals surface area contributed by atoms with Crippen molar-refractivity contribution in [2.24, 2.45) is 5.73 Å². The van der Waals surface area contributed by atoms with Crippen molar-refractivity contribution in [1.29, 1.82) is 0 Å². The molecule has 148 valence electrons.